The summed E-state index contributed by atoms with van der Waals surface area (Å²) in [5.74, 6) is 1.29. The van der Waals surface area contributed by atoms with Crippen molar-refractivity contribution in [3.63, 3.8) is 0 Å². The van der Waals surface area contributed by atoms with Crippen molar-refractivity contribution in [2.45, 2.75) is 63.4 Å². The maximum absolute atomic E-state index is 12.9. The fourth-order valence-electron chi connectivity index (χ4n) is 4.84. The summed E-state index contributed by atoms with van der Waals surface area (Å²) in [6.45, 7) is 0.584. The third-order valence-corrected chi connectivity index (χ3v) is 7.54. The van der Waals surface area contributed by atoms with E-state index < -0.39 is 5.60 Å². The summed E-state index contributed by atoms with van der Waals surface area (Å²) in [6.07, 6.45) is 13.2. The number of carbonyl (C=O) groups excluding carboxylic acids is 2. The van der Waals surface area contributed by atoms with Crippen molar-refractivity contribution in [1.82, 2.24) is 0 Å². The molecule has 5 nitrogen and oxygen atoms in total. The Morgan fingerprint density at radius 2 is 1.91 bits per heavy atom. The topological polar surface area (TPSA) is 72.8 Å². The van der Waals surface area contributed by atoms with Gasteiger partial charge in [-0.2, -0.15) is 0 Å². The lowest BCUT2D eigenvalue weighted by molar-refractivity contribution is -0.146. The van der Waals surface area contributed by atoms with Crippen LogP contribution in [0.2, 0.25) is 0 Å². The van der Waals surface area contributed by atoms with Crippen LogP contribution >= 0.6 is 11.8 Å². The van der Waals surface area contributed by atoms with E-state index in [1.54, 1.807) is 6.08 Å². The molecule has 0 saturated heterocycles. The van der Waals surface area contributed by atoms with Crippen molar-refractivity contribution in [1.29, 1.82) is 0 Å². The van der Waals surface area contributed by atoms with Crippen molar-refractivity contribution >= 4 is 23.5 Å². The molecule has 1 saturated carbocycles. The summed E-state index contributed by atoms with van der Waals surface area (Å²) < 4.78 is 10.6. The number of ether oxygens (including phenoxy) is 2. The second-order valence-corrected chi connectivity index (χ2v) is 9.87. The highest BCUT2D eigenvalue weighted by molar-refractivity contribution is 8.03. The molecule has 1 fully saturated rings. The predicted molar refractivity (Wildman–Crippen MR) is 132 cm³/mol. The molecule has 1 aromatic carbocycles. The fraction of sp³-hybridized carbons (Fsp3) is 0.556. The molecule has 2 aliphatic rings. The maximum atomic E-state index is 12.9. The average Bonchev–Trinajstić information content (AvgIpc) is 3.09. The standard InChI is InChI=1S/C27H36O5S/c1-31-26(29)21-15-13-20(14-16-21)9-8-12-23-25(28)24(33-2)19-27(23,30)17-6-7-18-32-22-10-4-3-5-11-22/h3-5,10-12,19-21,30H,6-9,13-18H2,1-2H3. The zero-order valence-corrected chi connectivity index (χ0v) is 20.6. The van der Waals surface area contributed by atoms with Crippen LogP contribution < -0.4 is 4.74 Å². The first-order valence-corrected chi connectivity index (χ1v) is 13.2. The first-order valence-electron chi connectivity index (χ1n) is 12.0. The van der Waals surface area contributed by atoms with Crippen molar-refractivity contribution in [3.8, 4) is 5.75 Å². The van der Waals surface area contributed by atoms with E-state index in [1.165, 1.54) is 18.9 Å². The molecule has 0 radical (unpaired) electrons. The van der Waals surface area contributed by atoms with Crippen LogP contribution in [0, 0.1) is 11.8 Å². The van der Waals surface area contributed by atoms with Crippen molar-refractivity contribution in [2.75, 3.05) is 20.0 Å². The number of thioether (sulfide) groups is 1. The Hall–Kier alpha value is -2.05. The van der Waals surface area contributed by atoms with E-state index in [0.29, 0.717) is 29.4 Å². The Balaban J connectivity index is 1.49. The lowest BCUT2D eigenvalue weighted by Crippen LogP contribution is -2.28. The van der Waals surface area contributed by atoms with Gasteiger partial charge in [-0.1, -0.05) is 24.3 Å². The van der Waals surface area contributed by atoms with Crippen LogP contribution in [0.1, 0.15) is 57.8 Å². The van der Waals surface area contributed by atoms with Gasteiger partial charge in [0.25, 0.3) is 0 Å². The predicted octanol–water partition coefficient (Wildman–Crippen LogP) is 5.48. The first kappa shape index (κ1) is 25.6. The Morgan fingerprint density at radius 3 is 2.58 bits per heavy atom. The molecule has 2 aliphatic carbocycles. The van der Waals surface area contributed by atoms with Gasteiger partial charge in [-0.05, 0) is 88.2 Å². The maximum Gasteiger partial charge on any atom is 0.308 e. The van der Waals surface area contributed by atoms with Crippen LogP contribution in [0.4, 0.5) is 0 Å². The minimum Gasteiger partial charge on any atom is -0.494 e. The van der Waals surface area contributed by atoms with Crippen LogP contribution in [-0.4, -0.2) is 42.4 Å². The normalized spacial score (nSPS) is 26.3. The SMILES string of the molecule is COC(=O)C1CCC(CCC=C2C(=O)C(SC)=CC2(O)CCCCOc2ccccc2)CC1. The van der Waals surface area contributed by atoms with E-state index in [9.17, 15) is 14.7 Å². The van der Waals surface area contributed by atoms with Crippen LogP contribution in [0.3, 0.4) is 0 Å². The molecule has 0 aliphatic heterocycles. The number of Topliss-reactive ketones (excluding diaryl/α,β-unsaturated/α-hetero) is 1. The molecule has 1 unspecified atom stereocenters. The molecular weight excluding hydrogens is 436 g/mol. The van der Waals surface area contributed by atoms with Gasteiger partial charge >= 0.3 is 5.97 Å². The summed E-state index contributed by atoms with van der Waals surface area (Å²) in [5.41, 5.74) is -0.663. The molecule has 1 atom stereocenters. The van der Waals surface area contributed by atoms with Gasteiger partial charge < -0.3 is 14.6 Å². The van der Waals surface area contributed by atoms with Crippen molar-refractivity contribution < 1.29 is 24.2 Å². The average molecular weight is 473 g/mol. The van der Waals surface area contributed by atoms with Gasteiger partial charge in [0.05, 0.1) is 24.5 Å². The van der Waals surface area contributed by atoms with Crippen molar-refractivity contribution in [3.05, 3.63) is 53.0 Å². The third-order valence-electron chi connectivity index (χ3n) is 6.79. The lowest BCUT2D eigenvalue weighted by Gasteiger charge is -2.27. The number of aliphatic hydroxyl groups is 1. The number of ketones is 1. The number of para-hydroxylation sites is 1. The minimum atomic E-state index is -1.19. The number of benzene rings is 1. The van der Waals surface area contributed by atoms with Gasteiger partial charge in [0.1, 0.15) is 11.4 Å². The van der Waals surface area contributed by atoms with Gasteiger partial charge in [-0.25, -0.2) is 0 Å². The Morgan fingerprint density at radius 1 is 1.18 bits per heavy atom. The lowest BCUT2D eigenvalue weighted by atomic mass is 9.79. The molecule has 1 aromatic rings. The molecular formula is C27H36O5S. The second-order valence-electron chi connectivity index (χ2n) is 9.02. The zero-order valence-electron chi connectivity index (χ0n) is 19.8. The molecule has 0 bridgehead atoms. The third kappa shape index (κ3) is 6.97. The highest BCUT2D eigenvalue weighted by atomic mass is 32.2. The fourth-order valence-corrected chi connectivity index (χ4v) is 5.45. The van der Waals surface area contributed by atoms with E-state index in [2.05, 4.69) is 0 Å². The van der Waals surface area contributed by atoms with Crippen LogP contribution in [0.25, 0.3) is 0 Å². The molecule has 0 amide bonds. The van der Waals surface area contributed by atoms with Crippen LogP contribution in [-0.2, 0) is 14.3 Å². The molecule has 6 heteroatoms. The van der Waals surface area contributed by atoms with Gasteiger partial charge in [-0.3, -0.25) is 9.59 Å². The number of rotatable bonds is 11. The van der Waals surface area contributed by atoms with Crippen LogP contribution in [0.15, 0.2) is 53.0 Å². The summed E-state index contributed by atoms with van der Waals surface area (Å²) in [6, 6.07) is 9.70. The summed E-state index contributed by atoms with van der Waals surface area (Å²) >= 11 is 1.40. The number of hydrogen-bond acceptors (Lipinski definition) is 6. The summed E-state index contributed by atoms with van der Waals surface area (Å²) in [4.78, 5) is 25.2. The number of carbonyl (C=O) groups is 2. The number of methoxy groups -OCH3 is 1. The molecule has 0 spiro atoms. The smallest absolute Gasteiger partial charge is 0.308 e. The van der Waals surface area contributed by atoms with Gasteiger partial charge in [0, 0.05) is 5.57 Å². The Labute approximate surface area is 201 Å². The number of hydrogen-bond donors (Lipinski definition) is 1. The quantitative estimate of drug-likeness (QED) is 0.261. The zero-order chi connectivity index (χ0) is 23.7. The number of unbranched alkanes of at least 4 members (excludes halogenated alkanes) is 1. The number of allylic oxidation sites excluding steroid dienone is 2. The van der Waals surface area contributed by atoms with Gasteiger partial charge in [-0.15, -0.1) is 11.8 Å². The Kier molecular flexibility index (Phi) is 9.63. The largest absolute Gasteiger partial charge is 0.494 e. The molecule has 180 valence electrons. The minimum absolute atomic E-state index is 0.0327. The van der Waals surface area contributed by atoms with Crippen molar-refractivity contribution in [2.24, 2.45) is 11.8 Å². The highest BCUT2D eigenvalue weighted by Crippen LogP contribution is 2.39. The molecule has 0 heterocycles. The first-order chi connectivity index (χ1) is 16.0. The van der Waals surface area contributed by atoms with E-state index >= 15 is 0 Å². The van der Waals surface area contributed by atoms with Crippen LogP contribution in [0.5, 0.6) is 5.75 Å². The monoisotopic (exact) mass is 472 g/mol. The summed E-state index contributed by atoms with van der Waals surface area (Å²) in [5, 5.41) is 11.3. The van der Waals surface area contributed by atoms with E-state index in [4.69, 9.17) is 9.47 Å². The van der Waals surface area contributed by atoms with E-state index in [1.807, 2.05) is 42.7 Å². The molecule has 0 aromatic heterocycles. The van der Waals surface area contributed by atoms with Gasteiger partial charge in [0.15, 0.2) is 5.78 Å². The summed E-state index contributed by atoms with van der Waals surface area (Å²) in [7, 11) is 1.45. The molecule has 3 rings (SSSR count). The Bertz CT molecular complexity index is 855. The molecule has 33 heavy (non-hydrogen) atoms. The van der Waals surface area contributed by atoms with E-state index in [0.717, 1.165) is 57.1 Å². The number of esters is 1. The second kappa shape index (κ2) is 12.4. The van der Waals surface area contributed by atoms with E-state index in [-0.39, 0.29) is 17.7 Å². The highest BCUT2D eigenvalue weighted by Gasteiger charge is 2.41. The molecule has 1 N–H and O–H groups in total. The van der Waals surface area contributed by atoms with Gasteiger partial charge in [0.2, 0.25) is 0 Å².